The molecule has 1 aliphatic heterocycles. The molecule has 0 aromatic rings. The first-order valence-electron chi connectivity index (χ1n) is 9.55. The molecule has 0 spiro atoms. The normalized spacial score (nSPS) is 48.4. The van der Waals surface area contributed by atoms with Gasteiger partial charge in [0, 0.05) is 0 Å². The highest BCUT2D eigenvalue weighted by Gasteiger charge is 2.58. The monoisotopic (exact) mass is 324 g/mol. The van der Waals surface area contributed by atoms with Crippen LogP contribution in [0, 0.1) is 22.7 Å². The summed E-state index contributed by atoms with van der Waals surface area (Å²) in [5.41, 5.74) is -0.809. The SMILES string of the molecule is CC1(C)CCC[C@]2(C)[C@@H](CC[C@@](C)(O)[C@H]3CO3)[C@](C)(O)CC[C@@H]12. The van der Waals surface area contributed by atoms with Crippen molar-refractivity contribution < 1.29 is 14.9 Å². The summed E-state index contributed by atoms with van der Waals surface area (Å²) in [6, 6.07) is 0. The van der Waals surface area contributed by atoms with Gasteiger partial charge >= 0.3 is 0 Å². The molecule has 2 aliphatic carbocycles. The standard InChI is InChI=1S/C20H36O3/c1-17(2)9-6-10-18(3)14(17)7-11-19(4,21)15(18)8-12-20(5,22)16-13-23-16/h14-16,21-22H,6-13H2,1-5H3/t14-,15+,16+,18-,19+,20+/m0/s1. The van der Waals surface area contributed by atoms with Gasteiger partial charge in [0.2, 0.25) is 0 Å². The molecule has 3 rings (SSSR count). The van der Waals surface area contributed by atoms with Crippen LogP contribution in [-0.2, 0) is 4.74 Å². The second-order valence-electron chi connectivity index (χ2n) is 10.1. The molecule has 6 atom stereocenters. The Labute approximate surface area is 141 Å². The van der Waals surface area contributed by atoms with E-state index in [9.17, 15) is 10.2 Å². The van der Waals surface area contributed by atoms with Crippen LogP contribution in [0.1, 0.15) is 79.6 Å². The number of ether oxygens (including phenoxy) is 1. The van der Waals surface area contributed by atoms with E-state index in [2.05, 4.69) is 20.8 Å². The molecule has 0 unspecified atom stereocenters. The second-order valence-corrected chi connectivity index (χ2v) is 10.1. The second kappa shape index (κ2) is 5.44. The molecule has 0 radical (unpaired) electrons. The zero-order valence-corrected chi connectivity index (χ0v) is 15.7. The lowest BCUT2D eigenvalue weighted by atomic mass is 9.45. The summed E-state index contributed by atoms with van der Waals surface area (Å²) in [6.45, 7) is 11.9. The van der Waals surface area contributed by atoms with Gasteiger partial charge in [-0.05, 0) is 75.0 Å². The molecule has 3 aliphatic rings. The topological polar surface area (TPSA) is 53.0 Å². The van der Waals surface area contributed by atoms with Gasteiger partial charge in [0.05, 0.1) is 17.8 Å². The predicted molar refractivity (Wildman–Crippen MR) is 92.2 cm³/mol. The molecule has 0 amide bonds. The number of aliphatic hydroxyl groups is 2. The van der Waals surface area contributed by atoms with Crippen LogP contribution >= 0.6 is 0 Å². The maximum Gasteiger partial charge on any atom is 0.109 e. The van der Waals surface area contributed by atoms with E-state index in [1.54, 1.807) is 0 Å². The largest absolute Gasteiger partial charge is 0.390 e. The molecular formula is C20H36O3. The van der Waals surface area contributed by atoms with Crippen LogP contribution in [0.25, 0.3) is 0 Å². The van der Waals surface area contributed by atoms with Crippen LogP contribution in [-0.4, -0.2) is 34.1 Å². The molecular weight excluding hydrogens is 288 g/mol. The van der Waals surface area contributed by atoms with Crippen molar-refractivity contribution in [1.29, 1.82) is 0 Å². The zero-order valence-electron chi connectivity index (χ0n) is 15.7. The van der Waals surface area contributed by atoms with Gasteiger partial charge in [-0.25, -0.2) is 0 Å². The molecule has 0 aromatic carbocycles. The first-order valence-corrected chi connectivity index (χ1v) is 9.55. The Bertz CT molecular complexity index is 450. The number of hydrogen-bond acceptors (Lipinski definition) is 3. The highest BCUT2D eigenvalue weighted by molar-refractivity contribution is 5.08. The molecule has 134 valence electrons. The van der Waals surface area contributed by atoms with Crippen LogP contribution in [0.2, 0.25) is 0 Å². The minimum absolute atomic E-state index is 0.00226. The van der Waals surface area contributed by atoms with Crippen molar-refractivity contribution in [3.63, 3.8) is 0 Å². The maximum absolute atomic E-state index is 11.1. The Morgan fingerprint density at radius 1 is 1.13 bits per heavy atom. The van der Waals surface area contributed by atoms with Gasteiger partial charge in [-0.15, -0.1) is 0 Å². The lowest BCUT2D eigenvalue weighted by molar-refractivity contribution is -0.173. The Morgan fingerprint density at radius 3 is 2.39 bits per heavy atom. The summed E-state index contributed by atoms with van der Waals surface area (Å²) in [5, 5.41) is 21.8. The zero-order chi connectivity index (χ0) is 17.1. The van der Waals surface area contributed by atoms with E-state index in [1.165, 1.54) is 19.3 Å². The van der Waals surface area contributed by atoms with Crippen LogP contribution in [0.5, 0.6) is 0 Å². The van der Waals surface area contributed by atoms with E-state index in [4.69, 9.17) is 4.74 Å². The number of epoxide rings is 1. The van der Waals surface area contributed by atoms with E-state index in [0.717, 1.165) is 25.7 Å². The highest BCUT2D eigenvalue weighted by atomic mass is 16.6. The first kappa shape index (κ1) is 17.7. The van der Waals surface area contributed by atoms with Crippen LogP contribution in [0.15, 0.2) is 0 Å². The Hall–Kier alpha value is -0.120. The summed E-state index contributed by atoms with van der Waals surface area (Å²) in [6.07, 6.45) is 7.42. The van der Waals surface area contributed by atoms with Crippen molar-refractivity contribution in [2.24, 2.45) is 22.7 Å². The molecule has 23 heavy (non-hydrogen) atoms. The molecule has 3 nitrogen and oxygen atoms in total. The predicted octanol–water partition coefficient (Wildman–Crippen LogP) is 3.91. The number of hydrogen-bond donors (Lipinski definition) is 2. The van der Waals surface area contributed by atoms with Gasteiger partial charge in [0.1, 0.15) is 6.10 Å². The third kappa shape index (κ3) is 3.09. The minimum Gasteiger partial charge on any atom is -0.390 e. The van der Waals surface area contributed by atoms with Crippen molar-refractivity contribution in [2.45, 2.75) is 96.9 Å². The molecule has 1 heterocycles. The fraction of sp³-hybridized carbons (Fsp3) is 1.00. The van der Waals surface area contributed by atoms with Gasteiger partial charge in [0.15, 0.2) is 0 Å². The van der Waals surface area contributed by atoms with Crippen molar-refractivity contribution in [2.75, 3.05) is 6.61 Å². The van der Waals surface area contributed by atoms with E-state index < -0.39 is 11.2 Å². The van der Waals surface area contributed by atoms with Gasteiger partial charge in [-0.2, -0.15) is 0 Å². The van der Waals surface area contributed by atoms with Gasteiger partial charge in [-0.1, -0.05) is 27.2 Å². The number of fused-ring (bicyclic) bond motifs is 1. The lowest BCUT2D eigenvalue weighted by Crippen LogP contribution is -2.57. The summed E-state index contributed by atoms with van der Waals surface area (Å²) in [5.74, 6) is 0.939. The van der Waals surface area contributed by atoms with E-state index in [0.29, 0.717) is 17.9 Å². The van der Waals surface area contributed by atoms with Gasteiger partial charge in [0.25, 0.3) is 0 Å². The third-order valence-electron chi connectivity index (χ3n) is 7.73. The third-order valence-corrected chi connectivity index (χ3v) is 7.73. The van der Waals surface area contributed by atoms with Crippen molar-refractivity contribution in [3.05, 3.63) is 0 Å². The highest BCUT2D eigenvalue weighted by Crippen LogP contribution is 2.63. The van der Waals surface area contributed by atoms with E-state index >= 15 is 0 Å². The van der Waals surface area contributed by atoms with Crippen LogP contribution < -0.4 is 0 Å². The average Bonchev–Trinajstić information content (AvgIpc) is 3.20. The smallest absolute Gasteiger partial charge is 0.109 e. The molecule has 0 bridgehead atoms. The Kier molecular flexibility index (Phi) is 4.18. The maximum atomic E-state index is 11.1. The summed E-state index contributed by atoms with van der Waals surface area (Å²) >= 11 is 0. The number of rotatable bonds is 4. The first-order chi connectivity index (χ1) is 10.5. The van der Waals surface area contributed by atoms with Crippen LogP contribution in [0.4, 0.5) is 0 Å². The van der Waals surface area contributed by atoms with Crippen molar-refractivity contribution in [1.82, 2.24) is 0 Å². The van der Waals surface area contributed by atoms with Gasteiger partial charge < -0.3 is 14.9 Å². The quantitative estimate of drug-likeness (QED) is 0.771. The Balaban J connectivity index is 1.81. The van der Waals surface area contributed by atoms with Crippen molar-refractivity contribution >= 4 is 0 Å². The Morgan fingerprint density at radius 2 is 1.78 bits per heavy atom. The summed E-state index contributed by atoms with van der Waals surface area (Å²) < 4.78 is 5.32. The molecule has 0 aromatic heterocycles. The lowest BCUT2D eigenvalue weighted by Gasteiger charge is -2.61. The average molecular weight is 325 g/mol. The minimum atomic E-state index is -0.746. The fourth-order valence-corrected chi connectivity index (χ4v) is 6.27. The molecule has 2 saturated carbocycles. The van der Waals surface area contributed by atoms with E-state index in [1.807, 2.05) is 13.8 Å². The summed E-state index contributed by atoms with van der Waals surface area (Å²) in [4.78, 5) is 0. The molecule has 1 saturated heterocycles. The molecule has 3 heteroatoms. The van der Waals surface area contributed by atoms with Gasteiger partial charge in [-0.3, -0.25) is 0 Å². The van der Waals surface area contributed by atoms with Crippen molar-refractivity contribution in [3.8, 4) is 0 Å². The van der Waals surface area contributed by atoms with E-state index in [-0.39, 0.29) is 17.4 Å². The summed E-state index contributed by atoms with van der Waals surface area (Å²) in [7, 11) is 0. The molecule has 2 N–H and O–H groups in total. The molecule has 3 fully saturated rings. The fourth-order valence-electron chi connectivity index (χ4n) is 6.27. The van der Waals surface area contributed by atoms with Crippen LogP contribution in [0.3, 0.4) is 0 Å².